The van der Waals surface area contributed by atoms with Gasteiger partial charge in [-0.15, -0.1) is 0 Å². The lowest BCUT2D eigenvalue weighted by Gasteiger charge is -2.18. The Kier molecular flexibility index (Phi) is 7.55. The molecule has 9 rings (SSSR count). The smallest absolute Gasteiger partial charge is 0.249 e. The van der Waals surface area contributed by atoms with Crippen LogP contribution in [0.4, 0.5) is 13.2 Å². The molecule has 0 atom stereocenters. The second kappa shape index (κ2) is 12.5. The van der Waals surface area contributed by atoms with Crippen molar-refractivity contribution in [2.45, 2.75) is 6.18 Å². The minimum atomic E-state index is -4.75. The normalized spacial score (nSPS) is 17.9. The van der Waals surface area contributed by atoms with Gasteiger partial charge in [0.2, 0.25) is 0 Å². The largest absolute Gasteiger partial charge is 0.419 e. The minimum Gasteiger partial charge on any atom is -0.249 e. The van der Waals surface area contributed by atoms with Gasteiger partial charge >= 0.3 is 6.18 Å². The zero-order valence-corrected chi connectivity index (χ0v) is 27.5. The molecule has 0 aromatic heterocycles. The van der Waals surface area contributed by atoms with E-state index in [4.69, 9.17) is 15.0 Å². The molecule has 8 bridgehead atoms. The van der Waals surface area contributed by atoms with E-state index in [0.29, 0.717) is 50.9 Å². The summed E-state index contributed by atoms with van der Waals surface area (Å²) < 4.78 is 46.7. The summed E-state index contributed by atoms with van der Waals surface area (Å²) >= 11 is 0. The van der Waals surface area contributed by atoms with Crippen molar-refractivity contribution in [2.75, 3.05) is 0 Å². The highest BCUT2D eigenvalue weighted by molar-refractivity contribution is 6.51. The van der Waals surface area contributed by atoms with Gasteiger partial charge in [-0.3, -0.25) is 0 Å². The zero-order valence-electron chi connectivity index (χ0n) is 27.5. The minimum absolute atomic E-state index is 0.0171. The first kappa shape index (κ1) is 31.3. The Morgan fingerprint density at radius 2 is 0.865 bits per heavy atom. The fourth-order valence-electron chi connectivity index (χ4n) is 7.02. The predicted molar refractivity (Wildman–Crippen MR) is 205 cm³/mol. The summed E-state index contributed by atoms with van der Waals surface area (Å²) in [5.41, 5.74) is 7.50. The third kappa shape index (κ3) is 5.62. The van der Waals surface area contributed by atoms with Gasteiger partial charge in [0.15, 0.2) is 0 Å². The van der Waals surface area contributed by atoms with Crippen LogP contribution in [-0.2, 0) is 0 Å². The molecule has 4 aromatic carbocycles. The van der Waals surface area contributed by atoms with Crippen LogP contribution in [0.1, 0.15) is 22.3 Å². The average Bonchev–Trinajstić information content (AvgIpc) is 3.96. The Labute approximate surface area is 298 Å². The number of benzene rings is 4. The average molecular weight is 681 g/mol. The molecule has 52 heavy (non-hydrogen) atoms. The summed E-state index contributed by atoms with van der Waals surface area (Å²) in [5, 5.41) is 0. The summed E-state index contributed by atoms with van der Waals surface area (Å²) in [6.45, 7) is 0. The molecular weight excluding hydrogens is 654 g/mol. The fraction of sp³-hybridized carbons (Fsp3) is 0.0222. The number of hydrogen-bond acceptors (Lipinski definition) is 4. The highest BCUT2D eigenvalue weighted by Gasteiger charge is 2.45. The van der Waals surface area contributed by atoms with E-state index in [0.717, 1.165) is 22.3 Å². The molecule has 5 aliphatic rings. The van der Waals surface area contributed by atoms with Gasteiger partial charge in [0.05, 0.1) is 51.2 Å². The van der Waals surface area contributed by atoms with Gasteiger partial charge in [-0.25, -0.2) is 20.0 Å². The number of halogens is 3. The van der Waals surface area contributed by atoms with Gasteiger partial charge in [0.1, 0.15) is 0 Å². The Balaban J connectivity index is 1.47. The van der Waals surface area contributed by atoms with E-state index in [1.54, 1.807) is 42.5 Å². The molecule has 5 aliphatic heterocycles. The summed E-state index contributed by atoms with van der Waals surface area (Å²) in [4.78, 5) is 19.8. The van der Waals surface area contributed by atoms with E-state index in [-0.39, 0.29) is 17.0 Å². The molecule has 4 aromatic rings. The van der Waals surface area contributed by atoms with Gasteiger partial charge < -0.3 is 0 Å². The molecule has 0 aliphatic carbocycles. The number of nitrogens with zero attached hydrogens (tertiary/aromatic N) is 4. The molecule has 4 nitrogen and oxygen atoms in total. The molecule has 0 N–H and O–H groups in total. The van der Waals surface area contributed by atoms with Gasteiger partial charge in [0.25, 0.3) is 0 Å². The Morgan fingerprint density at radius 1 is 0.404 bits per heavy atom. The molecule has 0 spiro atoms. The number of allylic oxidation sites excluding steroid dienone is 12. The molecule has 248 valence electrons. The molecule has 0 fully saturated rings. The van der Waals surface area contributed by atoms with Crippen LogP contribution < -0.4 is 0 Å². The van der Waals surface area contributed by atoms with Crippen LogP contribution in [0.25, 0.3) is 22.3 Å². The summed E-state index contributed by atoms with van der Waals surface area (Å²) in [5.74, 6) is 0. The summed E-state index contributed by atoms with van der Waals surface area (Å²) in [7, 11) is 0. The van der Waals surface area contributed by atoms with Crippen LogP contribution in [0.3, 0.4) is 0 Å². The number of aliphatic imine (C=N–C) groups is 4. The number of rotatable bonds is 4. The van der Waals surface area contributed by atoms with E-state index in [1.165, 1.54) is 6.08 Å². The van der Waals surface area contributed by atoms with E-state index in [9.17, 15) is 0 Å². The maximum atomic E-state index is 15.6. The standard InChI is InChI=1S/C45H27F3N4/c46-45(47,48)42-37-27-35-24-22-33(50-35)25-32-21-23-34(49-32)26-36-38(28-13-5-1-6-14-28)39(29-15-7-2-8-16-29)43(51-36)41(31-19-11-4-12-20-31)44(52-37)40(42)30-17-9-3-10-18-30/h1-27H. The number of fused-ring (bicyclic) bond motifs is 4. The molecule has 0 saturated heterocycles. The van der Waals surface area contributed by atoms with Gasteiger partial charge in [-0.2, -0.15) is 13.2 Å². The summed E-state index contributed by atoms with van der Waals surface area (Å²) in [6, 6.07) is 37.9. The Hall–Kier alpha value is -6.73. The predicted octanol–water partition coefficient (Wildman–Crippen LogP) is 10.6. The third-order valence-electron chi connectivity index (χ3n) is 9.19. The van der Waals surface area contributed by atoms with Crippen molar-refractivity contribution in [3.8, 4) is 0 Å². The Morgan fingerprint density at radius 3 is 1.40 bits per heavy atom. The fourth-order valence-corrected chi connectivity index (χ4v) is 7.02. The van der Waals surface area contributed by atoms with Crippen molar-refractivity contribution in [2.24, 2.45) is 20.0 Å². The summed E-state index contributed by atoms with van der Waals surface area (Å²) in [6.07, 6.45) is 7.70. The molecular formula is C45H27F3N4. The SMILES string of the molecule is FC(F)(F)C1=C(c2ccccc2)C2=NC1=CC1=NC(=CC3=NC(=CC4=NC(=C2c2ccccc2)C(c2ccccc2)=C4c2ccccc2)C=C3)C=C1. The van der Waals surface area contributed by atoms with Crippen LogP contribution in [0, 0.1) is 0 Å². The highest BCUT2D eigenvalue weighted by Crippen LogP contribution is 2.49. The lowest BCUT2D eigenvalue weighted by atomic mass is 9.85. The molecule has 7 heteroatoms. The maximum absolute atomic E-state index is 15.6. The van der Waals surface area contributed by atoms with E-state index in [2.05, 4.69) is 4.99 Å². The van der Waals surface area contributed by atoms with Crippen LogP contribution in [0.5, 0.6) is 0 Å². The van der Waals surface area contributed by atoms with E-state index >= 15 is 13.2 Å². The van der Waals surface area contributed by atoms with Crippen LogP contribution >= 0.6 is 0 Å². The van der Waals surface area contributed by atoms with E-state index < -0.39 is 11.7 Å². The second-order valence-electron chi connectivity index (χ2n) is 12.6. The Bertz CT molecular complexity index is 2540. The lowest BCUT2D eigenvalue weighted by molar-refractivity contribution is -0.0884. The highest BCUT2D eigenvalue weighted by atomic mass is 19.4. The molecule has 0 amide bonds. The van der Waals surface area contributed by atoms with Crippen molar-refractivity contribution in [1.29, 1.82) is 0 Å². The van der Waals surface area contributed by atoms with Crippen LogP contribution in [0.2, 0.25) is 0 Å². The van der Waals surface area contributed by atoms with E-state index in [1.807, 2.05) is 115 Å². The quantitative estimate of drug-likeness (QED) is 0.206. The molecule has 5 heterocycles. The van der Waals surface area contributed by atoms with Crippen LogP contribution in [0.15, 0.2) is 212 Å². The van der Waals surface area contributed by atoms with Crippen molar-refractivity contribution in [3.63, 3.8) is 0 Å². The first-order valence-electron chi connectivity index (χ1n) is 16.8. The number of hydrogen-bond donors (Lipinski definition) is 0. The molecule has 0 unspecified atom stereocenters. The van der Waals surface area contributed by atoms with Crippen molar-refractivity contribution in [3.05, 3.63) is 214 Å². The first-order chi connectivity index (χ1) is 25.4. The van der Waals surface area contributed by atoms with Gasteiger partial charge in [-0.1, -0.05) is 121 Å². The topological polar surface area (TPSA) is 49.4 Å². The van der Waals surface area contributed by atoms with Crippen molar-refractivity contribution >= 4 is 45.1 Å². The third-order valence-corrected chi connectivity index (χ3v) is 9.19. The van der Waals surface area contributed by atoms with Crippen molar-refractivity contribution < 1.29 is 13.2 Å². The second-order valence-corrected chi connectivity index (χ2v) is 12.6. The van der Waals surface area contributed by atoms with Gasteiger partial charge in [0, 0.05) is 22.3 Å². The monoisotopic (exact) mass is 680 g/mol. The molecule has 0 saturated carbocycles. The zero-order chi connectivity index (χ0) is 35.2. The molecule has 0 radical (unpaired) electrons. The van der Waals surface area contributed by atoms with Crippen LogP contribution in [-0.4, -0.2) is 29.0 Å². The van der Waals surface area contributed by atoms with Gasteiger partial charge in [-0.05, 0) is 64.8 Å². The maximum Gasteiger partial charge on any atom is 0.419 e. The van der Waals surface area contributed by atoms with Crippen molar-refractivity contribution in [1.82, 2.24) is 0 Å². The lowest BCUT2D eigenvalue weighted by Crippen LogP contribution is -2.16. The first-order valence-corrected chi connectivity index (χ1v) is 16.8. The number of alkyl halides is 3.